The first kappa shape index (κ1) is 14.3. The Morgan fingerprint density at radius 2 is 2.00 bits per heavy atom. The Bertz CT molecular complexity index is 289. The summed E-state index contributed by atoms with van der Waals surface area (Å²) in [6.07, 6.45) is 1.03. The van der Waals surface area contributed by atoms with Crippen LogP contribution < -0.4 is 5.73 Å². The molecule has 0 bridgehead atoms. The summed E-state index contributed by atoms with van der Waals surface area (Å²) >= 11 is 0. The van der Waals surface area contributed by atoms with E-state index in [0.717, 1.165) is 6.26 Å². The normalized spacial score (nSPS) is 11.4. The van der Waals surface area contributed by atoms with Crippen LogP contribution in [-0.4, -0.2) is 64.6 Å². The number of nitrogens with two attached hydrogens (primary N) is 1. The van der Waals surface area contributed by atoms with Crippen LogP contribution in [0, 0.1) is 0 Å². The van der Waals surface area contributed by atoms with E-state index < -0.39 is 21.5 Å². The van der Waals surface area contributed by atoms with Gasteiger partial charge in [0.1, 0.15) is 5.75 Å². The first-order valence-corrected chi connectivity index (χ1v) is 6.61. The molecule has 0 aromatic rings. The molecule has 0 aromatic heterocycles. The second-order valence-corrected chi connectivity index (χ2v) is 5.37. The van der Waals surface area contributed by atoms with Gasteiger partial charge < -0.3 is 15.4 Å². The molecule has 0 spiro atoms. The molecule has 0 heterocycles. The minimum atomic E-state index is -3.28. The van der Waals surface area contributed by atoms with E-state index >= 15 is 0 Å². The molecule has 6 nitrogen and oxygen atoms in total. The molecule has 0 rings (SSSR count). The van der Waals surface area contributed by atoms with Crippen molar-refractivity contribution in [1.82, 2.24) is 4.90 Å². The minimum absolute atomic E-state index is 0.305. The molecule has 0 radical (unpaired) electrons. The van der Waals surface area contributed by atoms with Crippen molar-refractivity contribution < 1.29 is 17.9 Å². The molecule has 0 aliphatic heterocycles. The van der Waals surface area contributed by atoms with Crippen molar-refractivity contribution in [2.45, 2.75) is 0 Å². The second kappa shape index (κ2) is 6.76. The van der Waals surface area contributed by atoms with E-state index in [9.17, 15) is 13.2 Å². The van der Waals surface area contributed by atoms with Crippen LogP contribution in [0.2, 0.25) is 0 Å². The summed E-state index contributed by atoms with van der Waals surface area (Å²) in [7, 11) is -1.77. The lowest BCUT2D eigenvalue weighted by atomic mass is 10.4. The number of hydrogen-bond acceptors (Lipinski definition) is 5. The molecule has 0 unspecified atom stereocenters. The maximum absolute atomic E-state index is 11.5. The molecule has 0 saturated carbocycles. The lowest BCUT2D eigenvalue weighted by Crippen LogP contribution is -2.40. The molecule has 0 aromatic carbocycles. The molecule has 0 atom stereocenters. The van der Waals surface area contributed by atoms with Gasteiger partial charge in [-0.1, -0.05) is 0 Å². The molecule has 15 heavy (non-hydrogen) atoms. The Morgan fingerprint density at radius 3 is 2.40 bits per heavy atom. The lowest BCUT2D eigenvalue weighted by Gasteiger charge is -2.21. The highest BCUT2D eigenvalue weighted by molar-refractivity contribution is 7.91. The molecule has 1 amide bonds. The van der Waals surface area contributed by atoms with Crippen LogP contribution >= 0.6 is 0 Å². The Hall–Kier alpha value is -0.660. The summed E-state index contributed by atoms with van der Waals surface area (Å²) in [6, 6.07) is 0. The number of nitrogens with zero attached hydrogens (tertiary/aromatic N) is 1. The number of carbonyl (C=O) groups excluding carboxylic acids is 1. The van der Waals surface area contributed by atoms with Gasteiger partial charge in [-0.2, -0.15) is 0 Å². The highest BCUT2D eigenvalue weighted by Crippen LogP contribution is 1.93. The van der Waals surface area contributed by atoms with Crippen LogP contribution in [0.1, 0.15) is 0 Å². The molecule has 7 heteroatoms. The van der Waals surface area contributed by atoms with Gasteiger partial charge in [0.2, 0.25) is 5.91 Å². The molecule has 0 aliphatic carbocycles. The topological polar surface area (TPSA) is 89.7 Å². The largest absolute Gasteiger partial charge is 0.383 e. The van der Waals surface area contributed by atoms with Crippen molar-refractivity contribution in [2.24, 2.45) is 5.73 Å². The van der Waals surface area contributed by atoms with Crippen LogP contribution in [0.4, 0.5) is 0 Å². The van der Waals surface area contributed by atoms with Gasteiger partial charge in [-0.3, -0.25) is 4.79 Å². The summed E-state index contributed by atoms with van der Waals surface area (Å²) in [5, 5.41) is 0. The van der Waals surface area contributed by atoms with Crippen molar-refractivity contribution in [2.75, 3.05) is 45.4 Å². The fourth-order valence-corrected chi connectivity index (χ4v) is 1.67. The van der Waals surface area contributed by atoms with Gasteiger partial charge in [-0.25, -0.2) is 8.42 Å². The molecular weight excluding hydrogens is 220 g/mol. The summed E-state index contributed by atoms with van der Waals surface area (Å²) in [5.74, 6) is -0.906. The lowest BCUT2D eigenvalue weighted by molar-refractivity contribution is -0.128. The SMILES string of the molecule is COCCN(CCN)C(=O)CS(C)(=O)=O. The van der Waals surface area contributed by atoms with E-state index in [4.69, 9.17) is 10.5 Å². The van der Waals surface area contributed by atoms with E-state index in [1.807, 2.05) is 0 Å². The fraction of sp³-hybridized carbons (Fsp3) is 0.875. The highest BCUT2D eigenvalue weighted by atomic mass is 32.2. The number of amides is 1. The number of carbonyl (C=O) groups is 1. The van der Waals surface area contributed by atoms with Gasteiger partial charge in [-0.05, 0) is 0 Å². The standard InChI is InChI=1S/C8H18N2O4S/c1-14-6-5-10(4-3-9)8(11)7-15(2,12)13/h3-7,9H2,1-2H3. The Morgan fingerprint density at radius 1 is 1.40 bits per heavy atom. The van der Waals surface area contributed by atoms with Crippen LogP contribution in [0.25, 0.3) is 0 Å². The number of ether oxygens (including phenoxy) is 1. The van der Waals surface area contributed by atoms with Gasteiger partial charge in [0, 0.05) is 33.0 Å². The van der Waals surface area contributed by atoms with Gasteiger partial charge in [0.05, 0.1) is 6.61 Å². The number of hydrogen-bond donors (Lipinski definition) is 1. The van der Waals surface area contributed by atoms with Gasteiger partial charge in [-0.15, -0.1) is 0 Å². The Kier molecular flexibility index (Phi) is 6.46. The first-order valence-electron chi connectivity index (χ1n) is 4.55. The smallest absolute Gasteiger partial charge is 0.237 e. The number of rotatable bonds is 7. The second-order valence-electron chi connectivity index (χ2n) is 3.23. The molecule has 0 saturated heterocycles. The van der Waals surface area contributed by atoms with Crippen molar-refractivity contribution in [3.8, 4) is 0 Å². The van der Waals surface area contributed by atoms with E-state index in [0.29, 0.717) is 26.2 Å². The minimum Gasteiger partial charge on any atom is -0.383 e. The molecular formula is C8H18N2O4S. The average Bonchev–Trinajstić information content (AvgIpc) is 2.09. The van der Waals surface area contributed by atoms with Gasteiger partial charge in [0.15, 0.2) is 9.84 Å². The molecule has 90 valence electrons. The summed E-state index contributed by atoms with van der Waals surface area (Å²) in [6.45, 7) is 1.38. The molecule has 0 fully saturated rings. The maximum atomic E-state index is 11.5. The third-order valence-corrected chi connectivity index (χ3v) is 2.47. The van der Waals surface area contributed by atoms with Crippen molar-refractivity contribution in [3.05, 3.63) is 0 Å². The van der Waals surface area contributed by atoms with Gasteiger partial charge in [0.25, 0.3) is 0 Å². The number of methoxy groups -OCH3 is 1. The Balaban J connectivity index is 4.28. The summed E-state index contributed by atoms with van der Waals surface area (Å²) < 4.78 is 26.6. The monoisotopic (exact) mass is 238 g/mol. The van der Waals surface area contributed by atoms with Crippen molar-refractivity contribution in [3.63, 3.8) is 0 Å². The third-order valence-electron chi connectivity index (χ3n) is 1.70. The zero-order valence-electron chi connectivity index (χ0n) is 9.10. The van der Waals surface area contributed by atoms with Crippen LogP contribution in [0.3, 0.4) is 0 Å². The van der Waals surface area contributed by atoms with Crippen LogP contribution in [0.5, 0.6) is 0 Å². The van der Waals surface area contributed by atoms with E-state index in [1.54, 1.807) is 0 Å². The predicted molar refractivity (Wildman–Crippen MR) is 57.2 cm³/mol. The quantitative estimate of drug-likeness (QED) is 0.581. The fourth-order valence-electron chi connectivity index (χ4n) is 1.03. The van der Waals surface area contributed by atoms with Crippen LogP contribution in [-0.2, 0) is 19.4 Å². The zero-order valence-corrected chi connectivity index (χ0v) is 9.92. The van der Waals surface area contributed by atoms with Gasteiger partial charge >= 0.3 is 0 Å². The highest BCUT2D eigenvalue weighted by Gasteiger charge is 2.17. The van der Waals surface area contributed by atoms with E-state index in [2.05, 4.69) is 0 Å². The summed E-state index contributed by atoms with van der Waals surface area (Å²) in [4.78, 5) is 12.9. The summed E-state index contributed by atoms with van der Waals surface area (Å²) in [5.41, 5.74) is 5.32. The first-order chi connectivity index (χ1) is 6.90. The third kappa shape index (κ3) is 7.29. The Labute approximate surface area is 90.3 Å². The van der Waals surface area contributed by atoms with Crippen molar-refractivity contribution >= 4 is 15.7 Å². The van der Waals surface area contributed by atoms with Crippen LogP contribution in [0.15, 0.2) is 0 Å². The maximum Gasteiger partial charge on any atom is 0.237 e. The number of sulfone groups is 1. The zero-order chi connectivity index (χ0) is 11.9. The average molecular weight is 238 g/mol. The van der Waals surface area contributed by atoms with Crippen molar-refractivity contribution in [1.29, 1.82) is 0 Å². The van der Waals surface area contributed by atoms with E-state index in [1.165, 1.54) is 12.0 Å². The predicted octanol–water partition coefficient (Wildman–Crippen LogP) is -1.54. The van der Waals surface area contributed by atoms with E-state index in [-0.39, 0.29) is 0 Å². The molecule has 2 N–H and O–H groups in total. The molecule has 0 aliphatic rings.